The van der Waals surface area contributed by atoms with Crippen molar-refractivity contribution in [2.24, 2.45) is 0 Å². The largest absolute Gasteiger partial charge is 0.497 e. The van der Waals surface area contributed by atoms with Gasteiger partial charge in [0.1, 0.15) is 11.5 Å². The zero-order valence-corrected chi connectivity index (χ0v) is 15.1. The van der Waals surface area contributed by atoms with E-state index < -0.39 is 0 Å². The third kappa shape index (κ3) is 3.07. The molecule has 0 fully saturated rings. The SMILES string of the molecule is CCN(CC)Cc1nnc2sc(-c3ccc(OC)cc3OC)nn12. The molecular weight excluding hydrogens is 326 g/mol. The van der Waals surface area contributed by atoms with E-state index in [1.807, 2.05) is 22.7 Å². The molecule has 0 atom stereocenters. The van der Waals surface area contributed by atoms with Crippen LogP contribution in [0.25, 0.3) is 15.5 Å². The van der Waals surface area contributed by atoms with Crippen molar-refractivity contribution in [2.75, 3.05) is 27.3 Å². The van der Waals surface area contributed by atoms with Gasteiger partial charge >= 0.3 is 0 Å². The maximum atomic E-state index is 5.48. The predicted molar refractivity (Wildman–Crippen MR) is 93.8 cm³/mol. The summed E-state index contributed by atoms with van der Waals surface area (Å²) in [4.78, 5) is 3.06. The standard InChI is InChI=1S/C16H21N5O2S/c1-5-20(6-2)10-14-17-18-16-21(14)19-15(24-16)12-8-7-11(22-3)9-13(12)23-4/h7-9H,5-6,10H2,1-4H3. The van der Waals surface area contributed by atoms with Crippen LogP contribution in [-0.2, 0) is 6.54 Å². The van der Waals surface area contributed by atoms with E-state index in [4.69, 9.17) is 14.6 Å². The topological polar surface area (TPSA) is 64.8 Å². The van der Waals surface area contributed by atoms with Crippen molar-refractivity contribution in [1.29, 1.82) is 0 Å². The van der Waals surface area contributed by atoms with Crippen LogP contribution >= 0.6 is 11.3 Å². The summed E-state index contributed by atoms with van der Waals surface area (Å²) in [6, 6.07) is 5.71. The number of hydrogen-bond acceptors (Lipinski definition) is 7. The molecule has 3 rings (SSSR count). The molecule has 3 aromatic rings. The van der Waals surface area contributed by atoms with E-state index in [0.29, 0.717) is 0 Å². The molecule has 0 aliphatic heterocycles. The molecule has 0 aliphatic rings. The molecule has 0 spiro atoms. The number of rotatable bonds is 7. The summed E-state index contributed by atoms with van der Waals surface area (Å²) >= 11 is 1.50. The molecule has 0 radical (unpaired) electrons. The first-order chi connectivity index (χ1) is 11.7. The molecule has 8 heteroatoms. The van der Waals surface area contributed by atoms with E-state index >= 15 is 0 Å². The second kappa shape index (κ2) is 7.14. The number of methoxy groups -OCH3 is 2. The van der Waals surface area contributed by atoms with Crippen LogP contribution in [0.4, 0.5) is 0 Å². The van der Waals surface area contributed by atoms with Crippen LogP contribution < -0.4 is 9.47 Å². The van der Waals surface area contributed by atoms with Crippen molar-refractivity contribution in [2.45, 2.75) is 20.4 Å². The molecule has 0 saturated heterocycles. The lowest BCUT2D eigenvalue weighted by molar-refractivity contribution is 0.286. The average molecular weight is 347 g/mol. The summed E-state index contributed by atoms with van der Waals surface area (Å²) in [7, 11) is 3.28. The molecule has 0 unspecified atom stereocenters. The summed E-state index contributed by atoms with van der Waals surface area (Å²) in [5.41, 5.74) is 0.919. The van der Waals surface area contributed by atoms with Crippen LogP contribution in [-0.4, -0.2) is 52.0 Å². The van der Waals surface area contributed by atoms with Gasteiger partial charge in [-0.2, -0.15) is 9.61 Å². The molecule has 24 heavy (non-hydrogen) atoms. The van der Waals surface area contributed by atoms with Crippen LogP contribution in [0.3, 0.4) is 0 Å². The van der Waals surface area contributed by atoms with E-state index in [0.717, 1.165) is 52.5 Å². The Morgan fingerprint density at radius 3 is 2.58 bits per heavy atom. The fraction of sp³-hybridized carbons (Fsp3) is 0.438. The molecule has 2 aromatic heterocycles. The van der Waals surface area contributed by atoms with Crippen molar-refractivity contribution in [3.63, 3.8) is 0 Å². The highest BCUT2D eigenvalue weighted by atomic mass is 32.1. The Kier molecular flexibility index (Phi) is 4.96. The summed E-state index contributed by atoms with van der Waals surface area (Å²) in [5.74, 6) is 2.33. The quantitative estimate of drug-likeness (QED) is 0.655. The Balaban J connectivity index is 1.98. The maximum Gasteiger partial charge on any atom is 0.235 e. The minimum Gasteiger partial charge on any atom is -0.497 e. The van der Waals surface area contributed by atoms with Gasteiger partial charge in [0.05, 0.1) is 26.3 Å². The number of ether oxygens (including phenoxy) is 2. The zero-order chi connectivity index (χ0) is 17.1. The Morgan fingerprint density at radius 2 is 1.92 bits per heavy atom. The lowest BCUT2D eigenvalue weighted by atomic mass is 10.2. The molecule has 0 saturated carbocycles. The van der Waals surface area contributed by atoms with Gasteiger partial charge in [-0.1, -0.05) is 25.2 Å². The Morgan fingerprint density at radius 1 is 1.12 bits per heavy atom. The van der Waals surface area contributed by atoms with E-state index in [1.54, 1.807) is 14.2 Å². The zero-order valence-electron chi connectivity index (χ0n) is 14.3. The van der Waals surface area contributed by atoms with Crippen LogP contribution in [0.2, 0.25) is 0 Å². The predicted octanol–water partition coefficient (Wildman–Crippen LogP) is 2.71. The summed E-state index contributed by atoms with van der Waals surface area (Å²) in [6.07, 6.45) is 0. The molecule has 0 bridgehead atoms. The van der Waals surface area contributed by atoms with Gasteiger partial charge in [-0.3, -0.25) is 4.90 Å². The Bertz CT molecular complexity index is 825. The van der Waals surface area contributed by atoms with Gasteiger partial charge in [-0.25, -0.2) is 0 Å². The first-order valence-electron chi connectivity index (χ1n) is 7.86. The summed E-state index contributed by atoms with van der Waals surface area (Å²) in [5, 5.41) is 14.1. The fourth-order valence-corrected chi connectivity index (χ4v) is 3.38. The van der Waals surface area contributed by atoms with Crippen molar-refractivity contribution in [1.82, 2.24) is 24.7 Å². The maximum absolute atomic E-state index is 5.48. The molecule has 2 heterocycles. The molecule has 0 aliphatic carbocycles. The van der Waals surface area contributed by atoms with Crippen molar-refractivity contribution in [3.8, 4) is 22.1 Å². The smallest absolute Gasteiger partial charge is 0.235 e. The van der Waals surface area contributed by atoms with Crippen molar-refractivity contribution < 1.29 is 9.47 Å². The number of aromatic nitrogens is 4. The van der Waals surface area contributed by atoms with Gasteiger partial charge in [0.25, 0.3) is 0 Å². The third-order valence-electron chi connectivity index (χ3n) is 3.95. The van der Waals surface area contributed by atoms with Gasteiger partial charge < -0.3 is 9.47 Å². The van der Waals surface area contributed by atoms with E-state index in [1.165, 1.54) is 11.3 Å². The molecule has 128 valence electrons. The molecule has 0 amide bonds. The number of benzene rings is 1. The number of nitrogens with zero attached hydrogens (tertiary/aromatic N) is 5. The van der Waals surface area contributed by atoms with Crippen LogP contribution in [0.1, 0.15) is 19.7 Å². The van der Waals surface area contributed by atoms with E-state index in [-0.39, 0.29) is 0 Å². The van der Waals surface area contributed by atoms with E-state index in [9.17, 15) is 0 Å². The first-order valence-corrected chi connectivity index (χ1v) is 8.67. The molecule has 1 aromatic carbocycles. The van der Waals surface area contributed by atoms with Crippen molar-refractivity contribution in [3.05, 3.63) is 24.0 Å². The average Bonchev–Trinajstić information content (AvgIpc) is 3.20. The monoisotopic (exact) mass is 347 g/mol. The van der Waals surface area contributed by atoms with Crippen LogP contribution in [0.5, 0.6) is 11.5 Å². The lowest BCUT2D eigenvalue weighted by Gasteiger charge is -2.15. The molecule has 0 N–H and O–H groups in total. The normalized spacial score (nSPS) is 11.4. The first kappa shape index (κ1) is 16.7. The third-order valence-corrected chi connectivity index (χ3v) is 4.89. The Labute approximate surface area is 144 Å². The number of fused-ring (bicyclic) bond motifs is 1. The van der Waals surface area contributed by atoms with Gasteiger partial charge in [-0.15, -0.1) is 10.2 Å². The van der Waals surface area contributed by atoms with Crippen LogP contribution in [0.15, 0.2) is 18.2 Å². The van der Waals surface area contributed by atoms with Gasteiger partial charge in [-0.05, 0) is 25.2 Å². The fourth-order valence-electron chi connectivity index (χ4n) is 2.49. The second-order valence-electron chi connectivity index (χ2n) is 5.25. The number of hydrogen-bond donors (Lipinski definition) is 0. The highest BCUT2D eigenvalue weighted by molar-refractivity contribution is 7.19. The van der Waals surface area contributed by atoms with Crippen LogP contribution in [0, 0.1) is 0 Å². The molecule has 7 nitrogen and oxygen atoms in total. The Hall–Kier alpha value is -2.19. The minimum absolute atomic E-state index is 0.726. The highest BCUT2D eigenvalue weighted by Crippen LogP contribution is 2.35. The van der Waals surface area contributed by atoms with Crippen molar-refractivity contribution >= 4 is 16.3 Å². The summed E-state index contributed by atoms with van der Waals surface area (Å²) < 4.78 is 12.5. The minimum atomic E-state index is 0.726. The molecular formula is C16H21N5O2S. The summed E-state index contributed by atoms with van der Waals surface area (Å²) in [6.45, 7) is 6.94. The lowest BCUT2D eigenvalue weighted by Crippen LogP contribution is -2.23. The van der Waals surface area contributed by atoms with Gasteiger partial charge in [0.2, 0.25) is 4.96 Å². The van der Waals surface area contributed by atoms with Gasteiger partial charge in [0, 0.05) is 6.07 Å². The second-order valence-corrected chi connectivity index (χ2v) is 6.20. The highest BCUT2D eigenvalue weighted by Gasteiger charge is 2.17. The van der Waals surface area contributed by atoms with E-state index in [2.05, 4.69) is 28.9 Å². The van der Waals surface area contributed by atoms with Gasteiger partial charge in [0.15, 0.2) is 10.8 Å².